The average Bonchev–Trinajstić information content (AvgIpc) is 2.56. The molecular weight excluding hydrogens is 294 g/mol. The Bertz CT molecular complexity index is 510. The Kier molecular flexibility index (Phi) is 6.71. The van der Waals surface area contributed by atoms with Crippen molar-refractivity contribution in [1.29, 1.82) is 0 Å². The van der Waals surface area contributed by atoms with Crippen molar-refractivity contribution in [3.05, 3.63) is 23.8 Å². The van der Waals surface area contributed by atoms with Gasteiger partial charge < -0.3 is 14.6 Å². The number of likely N-dealkylation sites (tertiary alicyclic amines) is 1. The highest BCUT2D eigenvalue weighted by molar-refractivity contribution is 5.70. The second-order valence-corrected chi connectivity index (χ2v) is 6.04. The number of aliphatic carboxylic acids is 1. The van der Waals surface area contributed by atoms with Gasteiger partial charge in [0, 0.05) is 12.1 Å². The lowest BCUT2D eigenvalue weighted by molar-refractivity contribution is -0.143. The molecule has 1 aromatic rings. The van der Waals surface area contributed by atoms with E-state index >= 15 is 0 Å². The molecule has 1 heterocycles. The van der Waals surface area contributed by atoms with Crippen LogP contribution in [0.5, 0.6) is 11.5 Å². The monoisotopic (exact) mass is 321 g/mol. The minimum Gasteiger partial charge on any atom is -0.493 e. The van der Waals surface area contributed by atoms with E-state index < -0.39 is 5.97 Å². The van der Waals surface area contributed by atoms with Crippen LogP contribution in [0.4, 0.5) is 0 Å². The predicted molar refractivity (Wildman–Crippen MR) is 89.0 cm³/mol. The number of rotatable bonds is 8. The third-order valence-corrected chi connectivity index (χ3v) is 4.36. The minimum atomic E-state index is -0.672. The number of para-hydroxylation sites is 1. The molecule has 0 atom stereocenters. The van der Waals surface area contributed by atoms with Crippen LogP contribution in [-0.2, 0) is 11.3 Å². The van der Waals surface area contributed by atoms with E-state index in [-0.39, 0.29) is 5.92 Å². The van der Waals surface area contributed by atoms with Crippen molar-refractivity contribution in [2.24, 2.45) is 5.92 Å². The Morgan fingerprint density at radius 2 is 2.09 bits per heavy atom. The zero-order valence-electron chi connectivity index (χ0n) is 14.1. The number of methoxy groups -OCH3 is 1. The van der Waals surface area contributed by atoms with Crippen LogP contribution in [0.2, 0.25) is 0 Å². The van der Waals surface area contributed by atoms with E-state index in [0.29, 0.717) is 19.4 Å². The standard InChI is InChI=1S/C18H27NO4/c1-3-4-12-23-17-15(6-5-7-16(17)22-2)13-19-10-8-14(9-11-19)18(20)21/h5-7,14H,3-4,8-13H2,1-2H3,(H,20,21). The molecule has 0 radical (unpaired) electrons. The molecule has 0 aliphatic carbocycles. The van der Waals surface area contributed by atoms with Crippen molar-refractivity contribution in [3.8, 4) is 11.5 Å². The molecule has 0 spiro atoms. The molecule has 1 aromatic carbocycles. The van der Waals surface area contributed by atoms with E-state index in [2.05, 4.69) is 17.9 Å². The SMILES string of the molecule is CCCCOc1c(CN2CCC(C(=O)O)CC2)cccc1OC. The number of hydrogen-bond acceptors (Lipinski definition) is 4. The summed E-state index contributed by atoms with van der Waals surface area (Å²) in [4.78, 5) is 13.3. The number of nitrogens with zero attached hydrogens (tertiary/aromatic N) is 1. The van der Waals surface area contributed by atoms with Gasteiger partial charge in [0.2, 0.25) is 0 Å². The maximum absolute atomic E-state index is 11.0. The van der Waals surface area contributed by atoms with Crippen molar-refractivity contribution in [1.82, 2.24) is 4.90 Å². The second kappa shape index (κ2) is 8.77. The van der Waals surface area contributed by atoms with E-state index in [1.165, 1.54) is 0 Å². The first-order valence-electron chi connectivity index (χ1n) is 8.39. The zero-order valence-corrected chi connectivity index (χ0v) is 14.1. The molecule has 1 aliphatic heterocycles. The van der Waals surface area contributed by atoms with Crippen LogP contribution >= 0.6 is 0 Å². The third kappa shape index (κ3) is 4.86. The summed E-state index contributed by atoms with van der Waals surface area (Å²) in [7, 11) is 1.66. The predicted octanol–water partition coefficient (Wildman–Crippen LogP) is 3.17. The number of ether oxygens (including phenoxy) is 2. The van der Waals surface area contributed by atoms with Gasteiger partial charge in [-0.05, 0) is 38.4 Å². The number of carboxylic acid groups (broad SMARTS) is 1. The summed E-state index contributed by atoms with van der Waals surface area (Å²) >= 11 is 0. The summed E-state index contributed by atoms with van der Waals surface area (Å²) < 4.78 is 11.4. The van der Waals surface area contributed by atoms with Crippen LogP contribution in [0.1, 0.15) is 38.2 Å². The number of carbonyl (C=O) groups is 1. The molecule has 5 heteroatoms. The quantitative estimate of drug-likeness (QED) is 0.745. The highest BCUT2D eigenvalue weighted by Gasteiger charge is 2.25. The molecule has 0 aromatic heterocycles. The van der Waals surface area contributed by atoms with Gasteiger partial charge in [0.1, 0.15) is 0 Å². The summed E-state index contributed by atoms with van der Waals surface area (Å²) in [5, 5.41) is 9.09. The second-order valence-electron chi connectivity index (χ2n) is 6.04. The minimum absolute atomic E-state index is 0.197. The fourth-order valence-electron chi connectivity index (χ4n) is 2.91. The molecule has 2 rings (SSSR count). The van der Waals surface area contributed by atoms with E-state index in [1.807, 2.05) is 12.1 Å². The Morgan fingerprint density at radius 3 is 2.70 bits per heavy atom. The zero-order chi connectivity index (χ0) is 16.7. The van der Waals surface area contributed by atoms with Gasteiger partial charge in [-0.25, -0.2) is 0 Å². The fourth-order valence-corrected chi connectivity index (χ4v) is 2.91. The molecule has 0 saturated carbocycles. The van der Waals surface area contributed by atoms with Gasteiger partial charge in [-0.15, -0.1) is 0 Å². The van der Waals surface area contributed by atoms with Gasteiger partial charge in [-0.3, -0.25) is 9.69 Å². The van der Waals surface area contributed by atoms with Gasteiger partial charge >= 0.3 is 5.97 Å². The van der Waals surface area contributed by atoms with Gasteiger partial charge in [0.15, 0.2) is 11.5 Å². The molecule has 1 saturated heterocycles. The van der Waals surface area contributed by atoms with Gasteiger partial charge in [0.05, 0.1) is 19.6 Å². The van der Waals surface area contributed by atoms with E-state index in [4.69, 9.17) is 14.6 Å². The molecular formula is C18H27NO4. The first kappa shape index (κ1) is 17.6. The Hall–Kier alpha value is -1.75. The van der Waals surface area contributed by atoms with Crippen LogP contribution in [0.3, 0.4) is 0 Å². The van der Waals surface area contributed by atoms with E-state index in [9.17, 15) is 4.79 Å². The number of benzene rings is 1. The number of carboxylic acids is 1. The van der Waals surface area contributed by atoms with Crippen molar-refractivity contribution < 1.29 is 19.4 Å². The first-order chi connectivity index (χ1) is 11.2. The summed E-state index contributed by atoms with van der Waals surface area (Å²) in [6.45, 7) is 5.21. The molecule has 1 fully saturated rings. The number of piperidine rings is 1. The smallest absolute Gasteiger partial charge is 0.306 e. The lowest BCUT2D eigenvalue weighted by atomic mass is 9.97. The van der Waals surface area contributed by atoms with Crippen LogP contribution in [0.25, 0.3) is 0 Å². The van der Waals surface area contributed by atoms with Crippen LogP contribution in [-0.4, -0.2) is 42.8 Å². The Balaban J connectivity index is 2.02. The molecule has 23 heavy (non-hydrogen) atoms. The summed E-state index contributed by atoms with van der Waals surface area (Å²) in [5.74, 6) is 0.717. The fraction of sp³-hybridized carbons (Fsp3) is 0.611. The third-order valence-electron chi connectivity index (χ3n) is 4.36. The largest absolute Gasteiger partial charge is 0.493 e. The molecule has 1 N–H and O–H groups in total. The molecule has 128 valence electrons. The molecule has 0 amide bonds. The summed E-state index contributed by atoms with van der Waals surface area (Å²) in [6.07, 6.45) is 3.53. The van der Waals surface area contributed by atoms with Crippen LogP contribution in [0.15, 0.2) is 18.2 Å². The maximum atomic E-state index is 11.0. The van der Waals surface area contributed by atoms with Crippen molar-refractivity contribution in [2.75, 3.05) is 26.8 Å². The normalized spacial score (nSPS) is 16.3. The van der Waals surface area contributed by atoms with Gasteiger partial charge in [0.25, 0.3) is 0 Å². The average molecular weight is 321 g/mol. The molecule has 1 aliphatic rings. The number of unbranched alkanes of at least 4 members (excludes halogenated alkanes) is 1. The van der Waals surface area contributed by atoms with Crippen molar-refractivity contribution in [2.45, 2.75) is 39.2 Å². The molecule has 0 bridgehead atoms. The Labute approximate surface area is 138 Å². The van der Waals surface area contributed by atoms with E-state index in [1.54, 1.807) is 7.11 Å². The lowest BCUT2D eigenvalue weighted by Gasteiger charge is -2.30. The summed E-state index contributed by atoms with van der Waals surface area (Å²) in [5.41, 5.74) is 1.11. The lowest BCUT2D eigenvalue weighted by Crippen LogP contribution is -2.35. The van der Waals surface area contributed by atoms with Crippen molar-refractivity contribution >= 4 is 5.97 Å². The highest BCUT2D eigenvalue weighted by atomic mass is 16.5. The first-order valence-corrected chi connectivity index (χ1v) is 8.39. The Morgan fingerprint density at radius 1 is 1.35 bits per heavy atom. The highest BCUT2D eigenvalue weighted by Crippen LogP contribution is 2.33. The number of hydrogen-bond donors (Lipinski definition) is 1. The van der Waals surface area contributed by atoms with Gasteiger partial charge in [-0.2, -0.15) is 0 Å². The van der Waals surface area contributed by atoms with Crippen molar-refractivity contribution in [3.63, 3.8) is 0 Å². The topological polar surface area (TPSA) is 59.0 Å². The van der Waals surface area contributed by atoms with Gasteiger partial charge in [-0.1, -0.05) is 25.5 Å². The molecule has 5 nitrogen and oxygen atoms in total. The van der Waals surface area contributed by atoms with E-state index in [0.717, 1.165) is 49.5 Å². The summed E-state index contributed by atoms with van der Waals surface area (Å²) in [6, 6.07) is 5.96. The molecule has 0 unspecified atom stereocenters. The maximum Gasteiger partial charge on any atom is 0.306 e. The van der Waals surface area contributed by atoms with Crippen LogP contribution < -0.4 is 9.47 Å². The van der Waals surface area contributed by atoms with Crippen LogP contribution in [0, 0.1) is 5.92 Å².